The Morgan fingerprint density at radius 3 is 2.63 bits per heavy atom. The van der Waals surface area contributed by atoms with Gasteiger partial charge in [-0.05, 0) is 46.7 Å². The van der Waals surface area contributed by atoms with E-state index in [1.54, 1.807) is 0 Å². The highest BCUT2D eigenvalue weighted by Gasteiger charge is 2.15. The van der Waals surface area contributed by atoms with Crippen LogP contribution >= 0.6 is 50.1 Å². The number of nitrogens with two attached hydrogens (primary N) is 1. The molecule has 1 heterocycles. The van der Waals surface area contributed by atoms with Crippen LogP contribution in [0.25, 0.3) is 11.4 Å². The fourth-order valence-electron chi connectivity index (χ4n) is 1.65. The standard InChI is InChI=1S/C13H12BrClIN3/c1-6(2)11-10(16)12(17)19-13(18-11)8-5-7(14)3-4-9(8)15/h3-6H,1-2H3,(H2,17,18,19). The lowest BCUT2D eigenvalue weighted by molar-refractivity contribution is 0.810. The molecule has 2 N–H and O–H groups in total. The molecule has 6 heteroatoms. The van der Waals surface area contributed by atoms with Crippen LogP contribution < -0.4 is 5.73 Å². The van der Waals surface area contributed by atoms with Crippen molar-refractivity contribution in [3.8, 4) is 11.4 Å². The Bertz CT molecular complexity index is 632. The van der Waals surface area contributed by atoms with Gasteiger partial charge in [-0.15, -0.1) is 0 Å². The molecule has 0 atom stereocenters. The van der Waals surface area contributed by atoms with Gasteiger partial charge in [0.2, 0.25) is 0 Å². The Labute approximate surface area is 139 Å². The van der Waals surface area contributed by atoms with E-state index in [2.05, 4.69) is 62.3 Å². The molecule has 0 saturated heterocycles. The molecule has 0 fully saturated rings. The lowest BCUT2D eigenvalue weighted by atomic mass is 10.1. The summed E-state index contributed by atoms with van der Waals surface area (Å²) in [6.45, 7) is 4.16. The minimum absolute atomic E-state index is 0.280. The summed E-state index contributed by atoms with van der Waals surface area (Å²) in [5.41, 5.74) is 7.69. The summed E-state index contributed by atoms with van der Waals surface area (Å²) in [7, 11) is 0. The Balaban J connectivity index is 2.66. The first-order valence-electron chi connectivity index (χ1n) is 5.68. The van der Waals surface area contributed by atoms with Crippen molar-refractivity contribution in [1.29, 1.82) is 0 Å². The highest BCUT2D eigenvalue weighted by atomic mass is 127. The van der Waals surface area contributed by atoms with Crippen LogP contribution in [0.4, 0.5) is 5.82 Å². The van der Waals surface area contributed by atoms with Crippen molar-refractivity contribution in [3.63, 3.8) is 0 Å². The molecule has 19 heavy (non-hydrogen) atoms. The minimum Gasteiger partial charge on any atom is -0.383 e. The SMILES string of the molecule is CC(C)c1nc(-c2cc(Br)ccc2Cl)nc(N)c1I. The number of nitrogen functional groups attached to an aromatic ring is 1. The monoisotopic (exact) mass is 451 g/mol. The number of anilines is 1. The Morgan fingerprint density at radius 1 is 1.32 bits per heavy atom. The van der Waals surface area contributed by atoms with Crippen LogP contribution in [0.15, 0.2) is 22.7 Å². The van der Waals surface area contributed by atoms with Gasteiger partial charge in [-0.1, -0.05) is 41.4 Å². The van der Waals surface area contributed by atoms with Crippen LogP contribution in [0, 0.1) is 3.57 Å². The van der Waals surface area contributed by atoms with E-state index in [1.807, 2.05) is 18.2 Å². The highest BCUT2D eigenvalue weighted by Crippen LogP contribution is 2.32. The van der Waals surface area contributed by atoms with E-state index in [0.29, 0.717) is 16.7 Å². The largest absolute Gasteiger partial charge is 0.383 e. The smallest absolute Gasteiger partial charge is 0.163 e. The molecule has 2 aromatic rings. The molecule has 1 aromatic heterocycles. The molecule has 0 amide bonds. The zero-order valence-electron chi connectivity index (χ0n) is 10.4. The van der Waals surface area contributed by atoms with E-state index < -0.39 is 0 Å². The average Bonchev–Trinajstić information content (AvgIpc) is 2.35. The maximum Gasteiger partial charge on any atom is 0.163 e. The Hall–Kier alpha value is -0.400. The zero-order valence-corrected chi connectivity index (χ0v) is 14.9. The fourth-order valence-corrected chi connectivity index (χ4v) is 3.08. The van der Waals surface area contributed by atoms with Gasteiger partial charge in [0.15, 0.2) is 5.82 Å². The van der Waals surface area contributed by atoms with Gasteiger partial charge in [0.25, 0.3) is 0 Å². The van der Waals surface area contributed by atoms with Gasteiger partial charge >= 0.3 is 0 Å². The second-order valence-electron chi connectivity index (χ2n) is 4.41. The molecule has 0 saturated carbocycles. The van der Waals surface area contributed by atoms with E-state index in [-0.39, 0.29) is 5.92 Å². The van der Waals surface area contributed by atoms with Crippen molar-refractivity contribution in [3.05, 3.63) is 37.0 Å². The van der Waals surface area contributed by atoms with Crippen LogP contribution in [0.2, 0.25) is 5.02 Å². The molecule has 0 bridgehead atoms. The first-order chi connectivity index (χ1) is 8.90. The van der Waals surface area contributed by atoms with Crippen LogP contribution in [0.1, 0.15) is 25.5 Å². The molecule has 0 aliphatic heterocycles. The quantitative estimate of drug-likeness (QED) is 0.662. The minimum atomic E-state index is 0.280. The highest BCUT2D eigenvalue weighted by molar-refractivity contribution is 14.1. The number of nitrogens with zero attached hydrogens (tertiary/aromatic N) is 2. The van der Waals surface area contributed by atoms with Gasteiger partial charge in [0, 0.05) is 10.0 Å². The topological polar surface area (TPSA) is 51.8 Å². The van der Waals surface area contributed by atoms with E-state index in [0.717, 1.165) is 19.3 Å². The van der Waals surface area contributed by atoms with Gasteiger partial charge < -0.3 is 5.73 Å². The molecule has 2 rings (SSSR count). The molecular weight excluding hydrogens is 440 g/mol. The number of rotatable bonds is 2. The third kappa shape index (κ3) is 3.20. The first kappa shape index (κ1) is 15.0. The lowest BCUT2D eigenvalue weighted by Gasteiger charge is -2.12. The van der Waals surface area contributed by atoms with Crippen LogP contribution in [-0.4, -0.2) is 9.97 Å². The molecule has 0 radical (unpaired) electrons. The number of hydrogen-bond donors (Lipinski definition) is 1. The van der Waals surface area contributed by atoms with Gasteiger partial charge in [-0.3, -0.25) is 0 Å². The van der Waals surface area contributed by atoms with Crippen molar-refractivity contribution in [1.82, 2.24) is 9.97 Å². The molecule has 0 aliphatic rings. The third-order valence-electron chi connectivity index (χ3n) is 2.62. The molecule has 0 spiro atoms. The fraction of sp³-hybridized carbons (Fsp3) is 0.231. The molecule has 1 aromatic carbocycles. The van der Waals surface area contributed by atoms with Gasteiger partial charge in [0.05, 0.1) is 14.3 Å². The van der Waals surface area contributed by atoms with Gasteiger partial charge in [-0.25, -0.2) is 9.97 Å². The predicted octanol–water partition coefficient (Wildman–Crippen LogP) is 4.87. The van der Waals surface area contributed by atoms with Gasteiger partial charge in [-0.2, -0.15) is 0 Å². The van der Waals surface area contributed by atoms with Crippen molar-refractivity contribution >= 4 is 55.9 Å². The maximum atomic E-state index is 6.21. The first-order valence-corrected chi connectivity index (χ1v) is 7.93. The molecular formula is C13H12BrClIN3. The van der Waals surface area contributed by atoms with Crippen molar-refractivity contribution < 1.29 is 0 Å². The molecule has 100 valence electrons. The van der Waals surface area contributed by atoms with Crippen LogP contribution in [0.5, 0.6) is 0 Å². The summed E-state index contributed by atoms with van der Waals surface area (Å²) in [4.78, 5) is 8.94. The van der Waals surface area contributed by atoms with Gasteiger partial charge in [0.1, 0.15) is 5.82 Å². The van der Waals surface area contributed by atoms with Crippen LogP contribution in [-0.2, 0) is 0 Å². The normalized spacial score (nSPS) is 11.1. The second-order valence-corrected chi connectivity index (χ2v) is 6.81. The number of benzene rings is 1. The lowest BCUT2D eigenvalue weighted by Crippen LogP contribution is -2.06. The Kier molecular flexibility index (Phi) is 4.68. The van der Waals surface area contributed by atoms with Crippen molar-refractivity contribution in [2.75, 3.05) is 5.73 Å². The van der Waals surface area contributed by atoms with Crippen molar-refractivity contribution in [2.45, 2.75) is 19.8 Å². The second kappa shape index (κ2) is 5.93. The summed E-state index contributed by atoms with van der Waals surface area (Å²) >= 11 is 11.8. The summed E-state index contributed by atoms with van der Waals surface area (Å²) in [6, 6.07) is 5.59. The summed E-state index contributed by atoms with van der Waals surface area (Å²) in [5.74, 6) is 1.33. The van der Waals surface area contributed by atoms with Crippen molar-refractivity contribution in [2.24, 2.45) is 0 Å². The number of hydrogen-bond acceptors (Lipinski definition) is 3. The average molecular weight is 453 g/mol. The summed E-state index contributed by atoms with van der Waals surface area (Å²) in [6.07, 6.45) is 0. The maximum absolute atomic E-state index is 6.21. The van der Waals surface area contributed by atoms with E-state index in [1.165, 1.54) is 0 Å². The van der Waals surface area contributed by atoms with Crippen LogP contribution in [0.3, 0.4) is 0 Å². The zero-order chi connectivity index (χ0) is 14.2. The van der Waals surface area contributed by atoms with E-state index in [9.17, 15) is 0 Å². The molecule has 0 unspecified atom stereocenters. The summed E-state index contributed by atoms with van der Waals surface area (Å²) in [5, 5.41) is 0.610. The third-order valence-corrected chi connectivity index (χ3v) is 4.55. The predicted molar refractivity (Wildman–Crippen MR) is 91.4 cm³/mol. The number of aromatic nitrogens is 2. The Morgan fingerprint density at radius 2 is 2.00 bits per heavy atom. The van der Waals surface area contributed by atoms with E-state index in [4.69, 9.17) is 17.3 Å². The number of halogens is 3. The molecule has 0 aliphatic carbocycles. The molecule has 3 nitrogen and oxygen atoms in total. The summed E-state index contributed by atoms with van der Waals surface area (Å²) < 4.78 is 1.83. The van der Waals surface area contributed by atoms with E-state index >= 15 is 0 Å².